The number of rotatable bonds is 7. The summed E-state index contributed by atoms with van der Waals surface area (Å²) in [5.74, 6) is 0. The molecule has 0 fully saturated rings. The van der Waals surface area contributed by atoms with Gasteiger partial charge < -0.3 is 5.73 Å². The standard InChI is InChI=1S/C10H7ClN2O.C8H19N/c11-9-6-8(14)10(13-12-9)7-4-2-1-3-5-7;1-2-3-4-5-6-7-8-9/h1-6H,(H,12,14);2-9H2,1H3. The summed E-state index contributed by atoms with van der Waals surface area (Å²) >= 11 is 5.59. The van der Waals surface area contributed by atoms with Crippen LogP contribution in [0, 0.1) is 0 Å². The molecule has 0 aliphatic heterocycles. The summed E-state index contributed by atoms with van der Waals surface area (Å²) in [4.78, 5) is 11.5. The van der Waals surface area contributed by atoms with Gasteiger partial charge in [-0.05, 0) is 13.0 Å². The molecule has 1 aromatic heterocycles. The third-order valence-corrected chi connectivity index (χ3v) is 3.56. The molecule has 0 aliphatic carbocycles. The molecule has 1 aromatic carbocycles. The first-order valence-corrected chi connectivity index (χ1v) is 8.57. The first kappa shape index (κ1) is 19.4. The smallest absolute Gasteiger partial charge is 0.209 e. The van der Waals surface area contributed by atoms with Gasteiger partial charge in [0.15, 0.2) is 0 Å². The van der Waals surface area contributed by atoms with Gasteiger partial charge in [-0.2, -0.15) is 5.10 Å². The van der Waals surface area contributed by atoms with Gasteiger partial charge in [0, 0.05) is 11.6 Å². The van der Waals surface area contributed by atoms with Crippen LogP contribution < -0.4 is 11.2 Å². The van der Waals surface area contributed by atoms with Crippen molar-refractivity contribution in [3.8, 4) is 11.3 Å². The number of aromatic nitrogens is 2. The average molecular weight is 336 g/mol. The van der Waals surface area contributed by atoms with Crippen LogP contribution >= 0.6 is 11.6 Å². The van der Waals surface area contributed by atoms with E-state index in [-0.39, 0.29) is 10.6 Å². The first-order chi connectivity index (χ1) is 11.2. The number of H-pyrrole nitrogens is 1. The van der Waals surface area contributed by atoms with Gasteiger partial charge in [-0.1, -0.05) is 81.0 Å². The third kappa shape index (κ3) is 7.95. The van der Waals surface area contributed by atoms with E-state index < -0.39 is 0 Å². The highest BCUT2D eigenvalue weighted by molar-refractivity contribution is 6.29. The number of benzene rings is 1. The van der Waals surface area contributed by atoms with E-state index in [0.717, 1.165) is 12.1 Å². The molecule has 0 unspecified atom stereocenters. The highest BCUT2D eigenvalue weighted by atomic mass is 35.5. The Bertz CT molecular complexity index is 593. The molecule has 126 valence electrons. The van der Waals surface area contributed by atoms with Crippen LogP contribution in [0.2, 0.25) is 5.15 Å². The molecule has 0 atom stereocenters. The Morgan fingerprint density at radius 3 is 2.35 bits per heavy atom. The zero-order chi connectivity index (χ0) is 16.9. The molecule has 23 heavy (non-hydrogen) atoms. The molecule has 0 saturated carbocycles. The Kier molecular flexibility index (Phi) is 10.00. The Hall–Kier alpha value is -1.65. The summed E-state index contributed by atoms with van der Waals surface area (Å²) < 4.78 is 0. The lowest BCUT2D eigenvalue weighted by Crippen LogP contribution is -2.07. The average Bonchev–Trinajstić information content (AvgIpc) is 2.56. The van der Waals surface area contributed by atoms with Crippen molar-refractivity contribution in [3.05, 3.63) is 51.8 Å². The van der Waals surface area contributed by atoms with E-state index in [1.807, 2.05) is 30.3 Å². The maximum Gasteiger partial charge on any atom is 0.209 e. The SMILES string of the molecule is CCCCCCCCN.O=c1cc(Cl)[nH]nc1-c1ccccc1. The molecule has 0 bridgehead atoms. The highest BCUT2D eigenvalue weighted by Crippen LogP contribution is 2.11. The van der Waals surface area contributed by atoms with Crippen molar-refractivity contribution in [3.63, 3.8) is 0 Å². The van der Waals surface area contributed by atoms with E-state index in [1.54, 1.807) is 0 Å². The molecule has 0 aliphatic rings. The predicted molar refractivity (Wildman–Crippen MR) is 97.7 cm³/mol. The maximum atomic E-state index is 11.5. The molecule has 1 heterocycles. The van der Waals surface area contributed by atoms with Crippen molar-refractivity contribution in [2.75, 3.05) is 6.54 Å². The zero-order valence-electron chi connectivity index (χ0n) is 13.7. The van der Waals surface area contributed by atoms with Crippen LogP contribution in [0.4, 0.5) is 0 Å². The summed E-state index contributed by atoms with van der Waals surface area (Å²) in [5, 5.41) is 6.68. The van der Waals surface area contributed by atoms with Crippen molar-refractivity contribution in [2.45, 2.75) is 45.4 Å². The third-order valence-electron chi connectivity index (χ3n) is 3.37. The van der Waals surface area contributed by atoms with Crippen LogP contribution in [0.5, 0.6) is 0 Å². The first-order valence-electron chi connectivity index (χ1n) is 8.19. The van der Waals surface area contributed by atoms with E-state index in [0.29, 0.717) is 5.69 Å². The Labute approximate surface area is 143 Å². The highest BCUT2D eigenvalue weighted by Gasteiger charge is 2.03. The maximum absolute atomic E-state index is 11.5. The number of aromatic amines is 1. The predicted octanol–water partition coefficient (Wildman–Crippen LogP) is 4.40. The van der Waals surface area contributed by atoms with Crippen molar-refractivity contribution in [2.24, 2.45) is 5.73 Å². The summed E-state index contributed by atoms with van der Waals surface area (Å²) in [6, 6.07) is 10.6. The van der Waals surface area contributed by atoms with Gasteiger partial charge in [0.05, 0.1) is 0 Å². The molecule has 0 spiro atoms. The monoisotopic (exact) mass is 335 g/mol. The quantitative estimate of drug-likeness (QED) is 0.737. The van der Waals surface area contributed by atoms with E-state index >= 15 is 0 Å². The van der Waals surface area contributed by atoms with Gasteiger partial charge in [0.25, 0.3) is 0 Å². The van der Waals surface area contributed by atoms with Crippen LogP contribution in [-0.4, -0.2) is 16.7 Å². The molecular weight excluding hydrogens is 310 g/mol. The van der Waals surface area contributed by atoms with Gasteiger partial charge in [-0.25, -0.2) is 0 Å². The normalized spacial score (nSPS) is 10.0. The largest absolute Gasteiger partial charge is 0.330 e. The number of unbranched alkanes of at least 4 members (excludes halogenated alkanes) is 5. The summed E-state index contributed by atoms with van der Waals surface area (Å²) in [5.41, 5.74) is 6.33. The van der Waals surface area contributed by atoms with Crippen LogP contribution in [0.15, 0.2) is 41.2 Å². The minimum absolute atomic E-state index is 0.181. The van der Waals surface area contributed by atoms with Crippen LogP contribution in [0.25, 0.3) is 11.3 Å². The van der Waals surface area contributed by atoms with E-state index in [9.17, 15) is 4.79 Å². The van der Waals surface area contributed by atoms with Crippen LogP contribution in [0.3, 0.4) is 0 Å². The zero-order valence-corrected chi connectivity index (χ0v) is 14.5. The summed E-state index contributed by atoms with van der Waals surface area (Å²) in [6.45, 7) is 3.11. The van der Waals surface area contributed by atoms with Gasteiger partial charge in [-0.15, -0.1) is 0 Å². The molecule has 5 heteroatoms. The molecule has 3 N–H and O–H groups in total. The second-order valence-corrected chi connectivity index (χ2v) is 5.76. The Morgan fingerprint density at radius 2 is 1.74 bits per heavy atom. The lowest BCUT2D eigenvalue weighted by atomic mass is 10.1. The molecule has 2 aromatic rings. The summed E-state index contributed by atoms with van der Waals surface area (Å²) in [7, 11) is 0. The second kappa shape index (κ2) is 11.9. The van der Waals surface area contributed by atoms with E-state index in [4.69, 9.17) is 17.3 Å². The van der Waals surface area contributed by atoms with Gasteiger partial charge in [-0.3, -0.25) is 9.89 Å². The lowest BCUT2D eigenvalue weighted by Gasteiger charge is -1.98. The van der Waals surface area contributed by atoms with Gasteiger partial charge in [0.1, 0.15) is 10.8 Å². The molecule has 0 saturated heterocycles. The molecular formula is C18H26ClN3O. The van der Waals surface area contributed by atoms with Crippen LogP contribution in [-0.2, 0) is 0 Å². The molecule has 0 amide bonds. The second-order valence-electron chi connectivity index (χ2n) is 5.35. The Balaban J connectivity index is 0.000000257. The van der Waals surface area contributed by atoms with Crippen molar-refractivity contribution in [1.29, 1.82) is 0 Å². The van der Waals surface area contributed by atoms with E-state index in [1.165, 1.54) is 44.6 Å². The Morgan fingerprint density at radius 1 is 1.09 bits per heavy atom. The van der Waals surface area contributed by atoms with Gasteiger partial charge >= 0.3 is 0 Å². The topological polar surface area (TPSA) is 71.8 Å². The number of nitrogens with two attached hydrogens (primary N) is 1. The number of hydrogen-bond donors (Lipinski definition) is 2. The number of hydrogen-bond acceptors (Lipinski definition) is 3. The number of nitrogens with zero attached hydrogens (tertiary/aromatic N) is 1. The van der Waals surface area contributed by atoms with Crippen molar-refractivity contribution < 1.29 is 0 Å². The van der Waals surface area contributed by atoms with Gasteiger partial charge in [0.2, 0.25) is 5.43 Å². The molecule has 4 nitrogen and oxygen atoms in total. The lowest BCUT2D eigenvalue weighted by molar-refractivity contribution is 0.612. The minimum Gasteiger partial charge on any atom is -0.330 e. The fourth-order valence-corrected chi connectivity index (χ4v) is 2.25. The number of nitrogens with one attached hydrogen (secondary N) is 1. The molecule has 2 rings (SSSR count). The minimum atomic E-state index is -0.181. The molecule has 0 radical (unpaired) electrons. The number of halogens is 1. The van der Waals surface area contributed by atoms with E-state index in [2.05, 4.69) is 17.1 Å². The van der Waals surface area contributed by atoms with Crippen molar-refractivity contribution in [1.82, 2.24) is 10.2 Å². The fraction of sp³-hybridized carbons (Fsp3) is 0.444. The van der Waals surface area contributed by atoms with Crippen molar-refractivity contribution >= 4 is 11.6 Å². The van der Waals surface area contributed by atoms with Crippen LogP contribution in [0.1, 0.15) is 45.4 Å². The summed E-state index contributed by atoms with van der Waals surface area (Å²) in [6.07, 6.45) is 8.05. The fourth-order valence-electron chi connectivity index (χ4n) is 2.11.